The number of morpholine rings is 1. The maximum absolute atomic E-state index is 13.3. The van der Waals surface area contributed by atoms with Crippen LogP contribution in [0.15, 0.2) is 34.7 Å². The minimum absolute atomic E-state index is 0.0789. The van der Waals surface area contributed by atoms with Crippen molar-refractivity contribution in [3.05, 3.63) is 59.1 Å². The average molecular weight is 350 g/mol. The summed E-state index contributed by atoms with van der Waals surface area (Å²) in [7, 11) is 0. The standard InChI is InChI=1S/C18H20F2N2O3/c1-12-2-5-17(25-12)16(22-6-8-24-9-7-22)11-21-18(23)13-3-4-14(19)15(20)10-13/h2-5,10,16H,6-9,11H2,1H3,(H,21,23). The first-order valence-electron chi connectivity index (χ1n) is 8.16. The van der Waals surface area contributed by atoms with Crippen molar-refractivity contribution in [2.45, 2.75) is 13.0 Å². The summed E-state index contributed by atoms with van der Waals surface area (Å²) in [5.74, 6) is -0.932. The lowest BCUT2D eigenvalue weighted by Gasteiger charge is -2.33. The number of nitrogens with one attached hydrogen (secondary N) is 1. The zero-order valence-corrected chi connectivity index (χ0v) is 13.9. The second-order valence-electron chi connectivity index (χ2n) is 5.95. The van der Waals surface area contributed by atoms with Gasteiger partial charge >= 0.3 is 0 Å². The van der Waals surface area contributed by atoms with Gasteiger partial charge in [0, 0.05) is 25.2 Å². The summed E-state index contributed by atoms with van der Waals surface area (Å²) in [6.45, 7) is 4.85. The molecule has 1 aromatic carbocycles. The zero-order valence-electron chi connectivity index (χ0n) is 13.9. The number of hydrogen-bond acceptors (Lipinski definition) is 4. The van der Waals surface area contributed by atoms with E-state index in [1.54, 1.807) is 0 Å². The smallest absolute Gasteiger partial charge is 0.251 e. The summed E-state index contributed by atoms with van der Waals surface area (Å²) in [5, 5.41) is 2.78. The van der Waals surface area contributed by atoms with Gasteiger partial charge in [0.05, 0.1) is 19.3 Å². The van der Waals surface area contributed by atoms with Crippen LogP contribution in [0.2, 0.25) is 0 Å². The van der Waals surface area contributed by atoms with Gasteiger partial charge in [-0.25, -0.2) is 8.78 Å². The number of furan rings is 1. The van der Waals surface area contributed by atoms with Gasteiger partial charge in [-0.3, -0.25) is 9.69 Å². The topological polar surface area (TPSA) is 54.7 Å². The predicted molar refractivity (Wildman–Crippen MR) is 87.3 cm³/mol. The van der Waals surface area contributed by atoms with E-state index in [1.807, 2.05) is 19.1 Å². The van der Waals surface area contributed by atoms with Crippen molar-refractivity contribution in [3.8, 4) is 0 Å². The van der Waals surface area contributed by atoms with Crippen molar-refractivity contribution in [1.29, 1.82) is 0 Å². The molecule has 2 aromatic rings. The third kappa shape index (κ3) is 4.24. The van der Waals surface area contributed by atoms with Gasteiger partial charge in [-0.15, -0.1) is 0 Å². The van der Waals surface area contributed by atoms with E-state index < -0.39 is 17.5 Å². The van der Waals surface area contributed by atoms with E-state index in [1.165, 1.54) is 6.07 Å². The molecule has 1 unspecified atom stereocenters. The molecular weight excluding hydrogens is 330 g/mol. The Kier molecular flexibility index (Phi) is 5.45. The van der Waals surface area contributed by atoms with Crippen LogP contribution >= 0.6 is 0 Å². The lowest BCUT2D eigenvalue weighted by Crippen LogP contribution is -2.43. The normalized spacial score (nSPS) is 16.6. The molecule has 25 heavy (non-hydrogen) atoms. The van der Waals surface area contributed by atoms with Gasteiger partial charge in [-0.1, -0.05) is 0 Å². The zero-order chi connectivity index (χ0) is 17.8. The number of benzene rings is 1. The molecule has 1 aliphatic rings. The third-order valence-corrected chi connectivity index (χ3v) is 4.21. The Labute approximate surface area is 144 Å². The van der Waals surface area contributed by atoms with E-state index >= 15 is 0 Å². The molecule has 3 rings (SSSR count). The molecule has 1 amide bonds. The fraction of sp³-hybridized carbons (Fsp3) is 0.389. The average Bonchev–Trinajstić information content (AvgIpc) is 3.04. The molecule has 2 heterocycles. The molecule has 0 spiro atoms. The van der Waals surface area contributed by atoms with Crippen LogP contribution in [0.1, 0.15) is 27.9 Å². The number of amides is 1. The third-order valence-electron chi connectivity index (χ3n) is 4.21. The number of carbonyl (C=O) groups is 1. The molecule has 134 valence electrons. The van der Waals surface area contributed by atoms with Gasteiger partial charge in [-0.2, -0.15) is 0 Å². The minimum Gasteiger partial charge on any atom is -0.465 e. The molecular formula is C18H20F2N2O3. The van der Waals surface area contributed by atoms with Crippen molar-refractivity contribution >= 4 is 5.91 Å². The Morgan fingerprint density at radius 1 is 1.20 bits per heavy atom. The molecule has 1 N–H and O–H groups in total. The van der Waals surface area contributed by atoms with Gasteiger partial charge in [0.2, 0.25) is 0 Å². The van der Waals surface area contributed by atoms with Gasteiger partial charge in [0.25, 0.3) is 5.91 Å². The van der Waals surface area contributed by atoms with E-state index in [0.717, 1.165) is 36.7 Å². The molecule has 1 fully saturated rings. The van der Waals surface area contributed by atoms with Crippen molar-refractivity contribution < 1.29 is 22.7 Å². The highest BCUT2D eigenvalue weighted by atomic mass is 19.2. The quantitative estimate of drug-likeness (QED) is 0.901. The second-order valence-corrected chi connectivity index (χ2v) is 5.95. The maximum atomic E-state index is 13.3. The fourth-order valence-electron chi connectivity index (χ4n) is 2.86. The summed E-state index contributed by atoms with van der Waals surface area (Å²) in [5.41, 5.74) is 0.0789. The van der Waals surface area contributed by atoms with Crippen LogP contribution in [0.3, 0.4) is 0 Å². The summed E-state index contributed by atoms with van der Waals surface area (Å²) in [6, 6.07) is 6.71. The lowest BCUT2D eigenvalue weighted by atomic mass is 10.1. The molecule has 5 nitrogen and oxygen atoms in total. The van der Waals surface area contributed by atoms with E-state index in [2.05, 4.69) is 10.2 Å². The predicted octanol–water partition coefficient (Wildman–Crippen LogP) is 2.67. The number of halogens is 2. The fourth-order valence-corrected chi connectivity index (χ4v) is 2.86. The van der Waals surface area contributed by atoms with Crippen LogP contribution in [0.4, 0.5) is 8.78 Å². The summed E-state index contributed by atoms with van der Waals surface area (Å²) < 4.78 is 37.4. The van der Waals surface area contributed by atoms with E-state index in [-0.39, 0.29) is 11.6 Å². The van der Waals surface area contributed by atoms with Crippen molar-refractivity contribution in [1.82, 2.24) is 10.2 Å². The van der Waals surface area contributed by atoms with Gasteiger partial charge < -0.3 is 14.5 Å². The number of nitrogens with zero attached hydrogens (tertiary/aromatic N) is 1. The van der Waals surface area contributed by atoms with Crippen LogP contribution in [-0.2, 0) is 4.74 Å². The minimum atomic E-state index is -1.04. The molecule has 1 aliphatic heterocycles. The van der Waals surface area contributed by atoms with Crippen molar-refractivity contribution in [2.75, 3.05) is 32.8 Å². The van der Waals surface area contributed by atoms with Crippen molar-refractivity contribution in [2.24, 2.45) is 0 Å². The summed E-state index contributed by atoms with van der Waals surface area (Å²) in [6.07, 6.45) is 0. The molecule has 1 aromatic heterocycles. The van der Waals surface area contributed by atoms with Crippen LogP contribution in [0, 0.1) is 18.6 Å². The van der Waals surface area contributed by atoms with Crippen LogP contribution < -0.4 is 5.32 Å². The number of rotatable bonds is 5. The summed E-state index contributed by atoms with van der Waals surface area (Å²) in [4.78, 5) is 14.4. The molecule has 1 atom stereocenters. The first kappa shape index (κ1) is 17.6. The molecule has 0 saturated carbocycles. The number of hydrogen-bond donors (Lipinski definition) is 1. The van der Waals surface area contributed by atoms with Gasteiger partial charge in [0.1, 0.15) is 11.5 Å². The summed E-state index contributed by atoms with van der Waals surface area (Å²) >= 11 is 0. The number of aryl methyl sites for hydroxylation is 1. The van der Waals surface area contributed by atoms with E-state index in [9.17, 15) is 13.6 Å². The van der Waals surface area contributed by atoms with Crippen LogP contribution in [-0.4, -0.2) is 43.7 Å². The highest BCUT2D eigenvalue weighted by Crippen LogP contribution is 2.23. The largest absolute Gasteiger partial charge is 0.465 e. The molecule has 7 heteroatoms. The van der Waals surface area contributed by atoms with E-state index in [4.69, 9.17) is 9.15 Å². The Bertz CT molecular complexity index is 742. The molecule has 0 radical (unpaired) electrons. The van der Waals surface area contributed by atoms with Gasteiger partial charge in [0.15, 0.2) is 11.6 Å². The lowest BCUT2D eigenvalue weighted by molar-refractivity contribution is 0.0117. The van der Waals surface area contributed by atoms with Crippen LogP contribution in [0.5, 0.6) is 0 Å². The highest BCUT2D eigenvalue weighted by Gasteiger charge is 2.26. The maximum Gasteiger partial charge on any atom is 0.251 e. The first-order chi connectivity index (χ1) is 12.0. The Hall–Kier alpha value is -2.25. The van der Waals surface area contributed by atoms with E-state index in [0.29, 0.717) is 19.8 Å². The highest BCUT2D eigenvalue weighted by molar-refractivity contribution is 5.94. The SMILES string of the molecule is Cc1ccc(C(CNC(=O)c2ccc(F)c(F)c2)N2CCOCC2)o1. The number of ether oxygens (including phenoxy) is 1. The Balaban J connectivity index is 1.71. The molecule has 1 saturated heterocycles. The molecule has 0 bridgehead atoms. The van der Waals surface area contributed by atoms with Crippen LogP contribution in [0.25, 0.3) is 0 Å². The second kappa shape index (κ2) is 7.76. The van der Waals surface area contributed by atoms with Crippen molar-refractivity contribution in [3.63, 3.8) is 0 Å². The Morgan fingerprint density at radius 2 is 1.96 bits per heavy atom. The number of carbonyl (C=O) groups excluding carboxylic acids is 1. The van der Waals surface area contributed by atoms with Gasteiger partial charge in [-0.05, 0) is 37.3 Å². The molecule has 0 aliphatic carbocycles. The Morgan fingerprint density at radius 3 is 2.60 bits per heavy atom. The monoisotopic (exact) mass is 350 g/mol. The first-order valence-corrected chi connectivity index (χ1v) is 8.16.